The number of halogens is 3. The maximum absolute atomic E-state index is 12.4. The molecule has 0 radical (unpaired) electrons. The molecule has 0 spiro atoms. The number of alkyl halides is 3. The summed E-state index contributed by atoms with van der Waals surface area (Å²) in [6, 6.07) is 1.42. The molecular formula is C11H16F3N3O. The molecule has 1 saturated heterocycles. The van der Waals surface area contributed by atoms with Gasteiger partial charge in [0.2, 0.25) is 0 Å². The minimum atomic E-state index is -4.38. The molecule has 1 aliphatic heterocycles. The SMILES string of the molecule is CN(Cc1cc(C(F)(F)F)n[nH]1)C1CCOCC1. The summed E-state index contributed by atoms with van der Waals surface area (Å²) in [5.74, 6) is 0. The topological polar surface area (TPSA) is 41.2 Å². The molecule has 18 heavy (non-hydrogen) atoms. The molecule has 0 aromatic carbocycles. The molecule has 1 aromatic rings. The number of nitrogens with zero attached hydrogens (tertiary/aromatic N) is 2. The molecule has 0 amide bonds. The molecule has 2 heterocycles. The molecule has 1 fully saturated rings. The van der Waals surface area contributed by atoms with Gasteiger partial charge in [0.1, 0.15) is 0 Å². The number of aromatic amines is 1. The number of nitrogens with one attached hydrogen (secondary N) is 1. The molecule has 0 atom stereocenters. The van der Waals surface area contributed by atoms with Crippen LogP contribution in [0.3, 0.4) is 0 Å². The predicted molar refractivity (Wildman–Crippen MR) is 58.9 cm³/mol. The Morgan fingerprint density at radius 3 is 2.67 bits per heavy atom. The second kappa shape index (κ2) is 5.27. The van der Waals surface area contributed by atoms with E-state index in [2.05, 4.69) is 10.2 Å². The van der Waals surface area contributed by atoms with Gasteiger partial charge in [0.25, 0.3) is 0 Å². The standard InChI is InChI=1S/C11H16F3N3O/c1-17(9-2-4-18-5-3-9)7-8-6-10(16-15-8)11(12,13)14/h6,9H,2-5,7H2,1H3,(H,15,16). The average molecular weight is 263 g/mol. The fraction of sp³-hybridized carbons (Fsp3) is 0.727. The van der Waals surface area contributed by atoms with E-state index in [-0.39, 0.29) is 0 Å². The quantitative estimate of drug-likeness (QED) is 0.907. The van der Waals surface area contributed by atoms with E-state index in [1.807, 2.05) is 11.9 Å². The lowest BCUT2D eigenvalue weighted by Gasteiger charge is -2.30. The summed E-state index contributed by atoms with van der Waals surface area (Å²) in [5, 5.41) is 5.72. The zero-order valence-electron chi connectivity index (χ0n) is 10.1. The van der Waals surface area contributed by atoms with E-state index < -0.39 is 11.9 Å². The van der Waals surface area contributed by atoms with Crippen molar-refractivity contribution in [2.75, 3.05) is 20.3 Å². The molecule has 4 nitrogen and oxygen atoms in total. The van der Waals surface area contributed by atoms with Crippen LogP contribution >= 0.6 is 0 Å². The van der Waals surface area contributed by atoms with E-state index in [4.69, 9.17) is 4.74 Å². The van der Waals surface area contributed by atoms with E-state index in [0.717, 1.165) is 18.9 Å². The minimum absolute atomic E-state index is 0.358. The molecule has 1 aliphatic rings. The highest BCUT2D eigenvalue weighted by atomic mass is 19.4. The maximum atomic E-state index is 12.4. The third-order valence-electron chi connectivity index (χ3n) is 3.16. The van der Waals surface area contributed by atoms with Crippen LogP contribution in [0.15, 0.2) is 6.07 Å². The van der Waals surface area contributed by atoms with E-state index >= 15 is 0 Å². The molecule has 1 N–H and O–H groups in total. The molecule has 1 aromatic heterocycles. The van der Waals surface area contributed by atoms with Crippen LogP contribution in [0.1, 0.15) is 24.2 Å². The minimum Gasteiger partial charge on any atom is -0.381 e. The van der Waals surface area contributed by atoms with E-state index in [9.17, 15) is 13.2 Å². The van der Waals surface area contributed by atoms with Gasteiger partial charge in [-0.1, -0.05) is 0 Å². The van der Waals surface area contributed by atoms with Gasteiger partial charge in [0, 0.05) is 31.5 Å². The molecule has 0 saturated carbocycles. The first-order valence-electron chi connectivity index (χ1n) is 5.86. The van der Waals surface area contributed by atoms with Crippen LogP contribution < -0.4 is 0 Å². The number of hydrogen-bond donors (Lipinski definition) is 1. The van der Waals surface area contributed by atoms with Crippen LogP contribution in [0, 0.1) is 0 Å². The van der Waals surface area contributed by atoms with Gasteiger partial charge < -0.3 is 4.74 Å². The first-order chi connectivity index (χ1) is 8.47. The number of ether oxygens (including phenoxy) is 1. The maximum Gasteiger partial charge on any atom is 0.435 e. The highest BCUT2D eigenvalue weighted by Gasteiger charge is 2.34. The lowest BCUT2D eigenvalue weighted by atomic mass is 10.1. The van der Waals surface area contributed by atoms with Crippen LogP contribution in [0.4, 0.5) is 13.2 Å². The predicted octanol–water partition coefficient (Wildman–Crippen LogP) is 2.04. The van der Waals surface area contributed by atoms with Crippen LogP contribution in [0.5, 0.6) is 0 Å². The van der Waals surface area contributed by atoms with Gasteiger partial charge in [-0.05, 0) is 26.0 Å². The van der Waals surface area contributed by atoms with Gasteiger partial charge in [-0.15, -0.1) is 0 Å². The molecule has 0 aliphatic carbocycles. The van der Waals surface area contributed by atoms with Crippen molar-refractivity contribution in [2.24, 2.45) is 0 Å². The van der Waals surface area contributed by atoms with Crippen molar-refractivity contribution in [1.29, 1.82) is 0 Å². The highest BCUT2D eigenvalue weighted by molar-refractivity contribution is 5.11. The Morgan fingerprint density at radius 1 is 1.44 bits per heavy atom. The van der Waals surface area contributed by atoms with Crippen molar-refractivity contribution in [3.05, 3.63) is 17.5 Å². The summed E-state index contributed by atoms with van der Waals surface area (Å²) in [7, 11) is 1.91. The Balaban J connectivity index is 1.94. The normalized spacial score (nSPS) is 18.5. The van der Waals surface area contributed by atoms with Crippen molar-refractivity contribution < 1.29 is 17.9 Å². The van der Waals surface area contributed by atoms with Crippen LogP contribution in [-0.2, 0) is 17.5 Å². The largest absolute Gasteiger partial charge is 0.435 e. The monoisotopic (exact) mass is 263 g/mol. The van der Waals surface area contributed by atoms with Crippen molar-refractivity contribution in [3.8, 4) is 0 Å². The Kier molecular flexibility index (Phi) is 3.91. The summed E-state index contributed by atoms with van der Waals surface area (Å²) in [6.45, 7) is 1.87. The van der Waals surface area contributed by atoms with Gasteiger partial charge in [0.05, 0.1) is 0 Å². The zero-order chi connectivity index (χ0) is 13.2. The summed E-state index contributed by atoms with van der Waals surface area (Å²) >= 11 is 0. The third kappa shape index (κ3) is 3.23. The Morgan fingerprint density at radius 2 is 2.11 bits per heavy atom. The van der Waals surface area contributed by atoms with Gasteiger partial charge in [-0.2, -0.15) is 18.3 Å². The summed E-state index contributed by atoms with van der Waals surface area (Å²) < 4.78 is 42.4. The fourth-order valence-electron chi connectivity index (χ4n) is 2.11. The van der Waals surface area contributed by atoms with Gasteiger partial charge in [-0.3, -0.25) is 10.00 Å². The Hall–Kier alpha value is -1.08. The molecule has 102 valence electrons. The second-order valence-corrected chi connectivity index (χ2v) is 4.53. The first kappa shape index (κ1) is 13.4. The smallest absolute Gasteiger partial charge is 0.381 e. The van der Waals surface area contributed by atoms with Gasteiger partial charge >= 0.3 is 6.18 Å². The van der Waals surface area contributed by atoms with Crippen molar-refractivity contribution in [2.45, 2.75) is 31.6 Å². The van der Waals surface area contributed by atoms with Crippen LogP contribution in [0.25, 0.3) is 0 Å². The fourth-order valence-corrected chi connectivity index (χ4v) is 2.11. The van der Waals surface area contributed by atoms with Gasteiger partial charge in [0.15, 0.2) is 5.69 Å². The zero-order valence-corrected chi connectivity index (χ0v) is 10.1. The van der Waals surface area contributed by atoms with Crippen molar-refractivity contribution in [3.63, 3.8) is 0 Å². The number of rotatable bonds is 3. The van der Waals surface area contributed by atoms with Crippen LogP contribution in [-0.4, -0.2) is 41.4 Å². The van der Waals surface area contributed by atoms with E-state index in [1.165, 1.54) is 0 Å². The van der Waals surface area contributed by atoms with Crippen molar-refractivity contribution in [1.82, 2.24) is 15.1 Å². The van der Waals surface area contributed by atoms with Crippen molar-refractivity contribution >= 4 is 0 Å². The number of hydrogen-bond acceptors (Lipinski definition) is 3. The van der Waals surface area contributed by atoms with E-state index in [1.54, 1.807) is 0 Å². The Bertz CT molecular complexity index is 385. The first-order valence-corrected chi connectivity index (χ1v) is 5.86. The lowest BCUT2D eigenvalue weighted by molar-refractivity contribution is -0.141. The third-order valence-corrected chi connectivity index (χ3v) is 3.16. The molecule has 0 bridgehead atoms. The molecule has 0 unspecified atom stereocenters. The lowest BCUT2D eigenvalue weighted by Crippen LogP contribution is -2.36. The molecular weight excluding hydrogens is 247 g/mol. The second-order valence-electron chi connectivity index (χ2n) is 4.53. The number of aromatic nitrogens is 2. The number of H-pyrrole nitrogens is 1. The Labute approximate surface area is 103 Å². The average Bonchev–Trinajstić information content (AvgIpc) is 2.78. The molecule has 2 rings (SSSR count). The molecule has 7 heteroatoms. The van der Waals surface area contributed by atoms with Crippen LogP contribution in [0.2, 0.25) is 0 Å². The highest BCUT2D eigenvalue weighted by Crippen LogP contribution is 2.28. The summed E-state index contributed by atoms with van der Waals surface area (Å²) in [6.07, 6.45) is -2.56. The van der Waals surface area contributed by atoms with Gasteiger partial charge in [-0.25, -0.2) is 0 Å². The summed E-state index contributed by atoms with van der Waals surface area (Å²) in [4.78, 5) is 2.04. The van der Waals surface area contributed by atoms with E-state index in [0.29, 0.717) is 31.5 Å². The summed E-state index contributed by atoms with van der Waals surface area (Å²) in [5.41, 5.74) is -0.380.